The van der Waals surface area contributed by atoms with Crippen LogP contribution in [0.15, 0.2) is 53.1 Å². The second-order valence-electron chi connectivity index (χ2n) is 7.59. The first-order chi connectivity index (χ1) is 10.4. The van der Waals surface area contributed by atoms with E-state index in [-0.39, 0.29) is 30.2 Å². The third-order valence-electron chi connectivity index (χ3n) is 4.47. The van der Waals surface area contributed by atoms with Gasteiger partial charge in [-0.05, 0) is 0 Å². The molecule has 1 unspecified atom stereocenters. The van der Waals surface area contributed by atoms with E-state index in [0.717, 1.165) is 6.42 Å². The maximum atomic E-state index is 2.47. The summed E-state index contributed by atoms with van der Waals surface area (Å²) in [7, 11) is 0. The zero-order valence-electron chi connectivity index (χ0n) is 15.1. The van der Waals surface area contributed by atoms with E-state index in [1.807, 2.05) is 0 Å². The summed E-state index contributed by atoms with van der Waals surface area (Å²) in [5, 5.41) is 0. The van der Waals surface area contributed by atoms with Gasteiger partial charge in [0.1, 0.15) is 0 Å². The normalized spacial score (nSPS) is 18.4. The number of fused-ring (bicyclic) bond motifs is 1. The fraction of sp³-hybridized carbons (Fsp3) is 0.381. The van der Waals surface area contributed by atoms with Crippen molar-refractivity contribution < 1.29 is 47.6 Å². The molecule has 0 amide bonds. The standard InChI is InChI=1S/C18H19.C3H6.2ClH.Zr/c1-18(2,3)17-9-8-15(12-17)16-10-13-6-4-5-7-14(13)11-16;1-3-2;;;/h4-7,9-12H,8H2,1-3H3;1-2H3;2*1H;/q;;;;+2/p-2. The molecule has 0 heterocycles. The fourth-order valence-corrected chi connectivity index (χ4v) is 6.79. The first kappa shape index (κ1) is 21.8. The van der Waals surface area contributed by atoms with Crippen LogP contribution in [0.5, 0.6) is 0 Å². The molecule has 0 saturated carbocycles. The van der Waals surface area contributed by atoms with Crippen molar-refractivity contribution in [2.75, 3.05) is 0 Å². The predicted molar refractivity (Wildman–Crippen MR) is 93.8 cm³/mol. The minimum Gasteiger partial charge on any atom is -1.00 e. The summed E-state index contributed by atoms with van der Waals surface area (Å²) in [6.45, 7) is 11.6. The van der Waals surface area contributed by atoms with Gasteiger partial charge in [0.2, 0.25) is 0 Å². The smallest absolute Gasteiger partial charge is 1.00 e. The number of hydrogen-bond acceptors (Lipinski definition) is 0. The summed E-state index contributed by atoms with van der Waals surface area (Å²) in [5.74, 6) is 0. The fourth-order valence-electron chi connectivity index (χ4n) is 3.30. The van der Waals surface area contributed by atoms with E-state index in [9.17, 15) is 0 Å². The van der Waals surface area contributed by atoms with Crippen LogP contribution in [0.1, 0.15) is 55.8 Å². The Morgan fingerprint density at radius 3 is 2.29 bits per heavy atom. The molecular weight excluding hydrogens is 414 g/mol. The molecule has 0 aromatic heterocycles. The van der Waals surface area contributed by atoms with E-state index < -0.39 is 22.8 Å². The average Bonchev–Trinajstić information content (AvgIpc) is 3.03. The molecule has 1 aromatic carbocycles. The third-order valence-corrected chi connectivity index (χ3v) is 8.13. The molecular formula is C21H25Cl2Zr. The Kier molecular flexibility index (Phi) is 7.67. The van der Waals surface area contributed by atoms with Gasteiger partial charge in [0.25, 0.3) is 0 Å². The predicted octanol–water partition coefficient (Wildman–Crippen LogP) is -0.270. The van der Waals surface area contributed by atoms with Crippen LogP contribution in [-0.4, -0.2) is 3.21 Å². The second-order valence-corrected chi connectivity index (χ2v) is 12.2. The van der Waals surface area contributed by atoms with Gasteiger partial charge in [-0.1, -0.05) is 0 Å². The molecule has 0 aliphatic heterocycles. The van der Waals surface area contributed by atoms with Gasteiger partial charge in [0, 0.05) is 0 Å². The van der Waals surface area contributed by atoms with Crippen LogP contribution in [0.4, 0.5) is 0 Å². The maximum Gasteiger partial charge on any atom is -1.00 e. The van der Waals surface area contributed by atoms with Crippen LogP contribution in [-0.2, 0) is 22.8 Å². The Balaban J connectivity index is 0.00000144. The quantitative estimate of drug-likeness (QED) is 0.595. The number of allylic oxidation sites excluding steroid dienone is 5. The molecule has 2 aliphatic carbocycles. The van der Waals surface area contributed by atoms with Gasteiger partial charge in [-0.3, -0.25) is 0 Å². The Hall–Kier alpha value is -0.227. The monoisotopic (exact) mass is 437 g/mol. The van der Waals surface area contributed by atoms with Gasteiger partial charge >= 0.3 is 146 Å². The van der Waals surface area contributed by atoms with Crippen LogP contribution < -0.4 is 24.8 Å². The Morgan fingerprint density at radius 1 is 1.04 bits per heavy atom. The van der Waals surface area contributed by atoms with Gasteiger partial charge in [-0.25, -0.2) is 0 Å². The zero-order chi connectivity index (χ0) is 15.9. The average molecular weight is 440 g/mol. The van der Waals surface area contributed by atoms with E-state index in [1.54, 1.807) is 19.9 Å². The molecule has 1 atom stereocenters. The van der Waals surface area contributed by atoms with Crippen LogP contribution in [0.25, 0.3) is 6.08 Å². The maximum absolute atomic E-state index is 2.47. The van der Waals surface area contributed by atoms with E-state index in [2.05, 4.69) is 77.1 Å². The summed E-state index contributed by atoms with van der Waals surface area (Å²) in [5.41, 5.74) is 7.97. The SMILES string of the molecule is C[C](C)=[Zr+2][CH]1C(C2=CC(C(C)(C)C)=CC2)=Cc2ccccc21.[Cl-].[Cl-]. The number of benzene rings is 1. The van der Waals surface area contributed by atoms with E-state index >= 15 is 0 Å². The van der Waals surface area contributed by atoms with Crippen LogP contribution in [0.3, 0.4) is 0 Å². The van der Waals surface area contributed by atoms with Crippen molar-refractivity contribution in [1.82, 2.24) is 0 Å². The minimum atomic E-state index is -0.546. The first-order valence-electron chi connectivity index (χ1n) is 8.15. The van der Waals surface area contributed by atoms with Gasteiger partial charge in [0.15, 0.2) is 0 Å². The van der Waals surface area contributed by atoms with Crippen molar-refractivity contribution in [2.45, 2.75) is 44.7 Å². The van der Waals surface area contributed by atoms with Crippen molar-refractivity contribution >= 4 is 9.28 Å². The molecule has 0 fully saturated rings. The van der Waals surface area contributed by atoms with Crippen molar-refractivity contribution in [2.24, 2.45) is 5.41 Å². The summed E-state index contributed by atoms with van der Waals surface area (Å²) >= 11 is -0.546. The van der Waals surface area contributed by atoms with Crippen LogP contribution >= 0.6 is 0 Å². The Morgan fingerprint density at radius 2 is 1.71 bits per heavy atom. The van der Waals surface area contributed by atoms with Crippen LogP contribution in [0.2, 0.25) is 0 Å². The van der Waals surface area contributed by atoms with Gasteiger partial charge in [-0.2, -0.15) is 0 Å². The summed E-state index contributed by atoms with van der Waals surface area (Å²) in [4.78, 5) is 0. The molecule has 0 saturated heterocycles. The molecule has 127 valence electrons. The Bertz CT molecular complexity index is 726. The largest absolute Gasteiger partial charge is 1.00 e. The summed E-state index contributed by atoms with van der Waals surface area (Å²) < 4.78 is 2.39. The van der Waals surface area contributed by atoms with Crippen molar-refractivity contribution in [3.05, 3.63) is 64.3 Å². The topological polar surface area (TPSA) is 0 Å². The molecule has 3 rings (SSSR count). The number of hydrogen-bond donors (Lipinski definition) is 0. The van der Waals surface area contributed by atoms with Gasteiger partial charge in [-0.15, -0.1) is 0 Å². The number of rotatable bonds is 2. The van der Waals surface area contributed by atoms with E-state index in [0.29, 0.717) is 3.63 Å². The molecule has 24 heavy (non-hydrogen) atoms. The number of halogens is 2. The molecule has 3 heteroatoms. The molecule has 0 radical (unpaired) electrons. The molecule has 1 aromatic rings. The van der Waals surface area contributed by atoms with Crippen molar-refractivity contribution in [3.63, 3.8) is 0 Å². The molecule has 0 N–H and O–H groups in total. The third kappa shape index (κ3) is 4.48. The summed E-state index contributed by atoms with van der Waals surface area (Å²) in [6, 6.07) is 9.01. The van der Waals surface area contributed by atoms with Gasteiger partial charge in [0.05, 0.1) is 0 Å². The van der Waals surface area contributed by atoms with Crippen molar-refractivity contribution in [1.29, 1.82) is 0 Å². The van der Waals surface area contributed by atoms with E-state index in [1.165, 1.54) is 11.1 Å². The molecule has 0 bridgehead atoms. The molecule has 0 spiro atoms. The second kappa shape index (κ2) is 8.44. The Labute approximate surface area is 170 Å². The van der Waals surface area contributed by atoms with Gasteiger partial charge < -0.3 is 24.8 Å². The first-order valence-corrected chi connectivity index (χ1v) is 10.8. The van der Waals surface area contributed by atoms with Crippen LogP contribution in [0, 0.1) is 5.41 Å². The minimum absolute atomic E-state index is 0. The summed E-state index contributed by atoms with van der Waals surface area (Å²) in [6.07, 6.45) is 8.49. The van der Waals surface area contributed by atoms with Crippen molar-refractivity contribution in [3.8, 4) is 0 Å². The molecule has 2 aliphatic rings. The zero-order valence-corrected chi connectivity index (χ0v) is 19.1. The molecule has 0 nitrogen and oxygen atoms in total. The van der Waals surface area contributed by atoms with E-state index in [4.69, 9.17) is 0 Å².